The summed E-state index contributed by atoms with van der Waals surface area (Å²) in [6, 6.07) is 21.4. The first-order valence-electron chi connectivity index (χ1n) is 14.4. The lowest BCUT2D eigenvalue weighted by molar-refractivity contribution is -0.144. The van der Waals surface area contributed by atoms with Gasteiger partial charge in [-0.2, -0.15) is 0 Å². The lowest BCUT2D eigenvalue weighted by atomic mass is 9.80. The molecule has 0 bridgehead atoms. The second-order valence-corrected chi connectivity index (χ2v) is 11.7. The number of piperidine rings is 1. The number of carboxylic acids is 1. The summed E-state index contributed by atoms with van der Waals surface area (Å²) in [5.41, 5.74) is 2.85. The molecular formula is C32H44N2O2. The van der Waals surface area contributed by atoms with E-state index in [1.54, 1.807) is 0 Å². The van der Waals surface area contributed by atoms with Gasteiger partial charge in [0.1, 0.15) is 6.04 Å². The monoisotopic (exact) mass is 488 g/mol. The Kier molecular flexibility index (Phi) is 8.76. The summed E-state index contributed by atoms with van der Waals surface area (Å²) in [6.45, 7) is 5.29. The second-order valence-electron chi connectivity index (χ2n) is 11.7. The van der Waals surface area contributed by atoms with Gasteiger partial charge in [-0.05, 0) is 74.1 Å². The molecule has 0 unspecified atom stereocenters. The molecule has 36 heavy (non-hydrogen) atoms. The molecule has 0 aromatic heterocycles. The van der Waals surface area contributed by atoms with E-state index in [9.17, 15) is 9.90 Å². The molecule has 3 fully saturated rings. The van der Waals surface area contributed by atoms with Crippen LogP contribution in [0.25, 0.3) is 0 Å². The zero-order valence-electron chi connectivity index (χ0n) is 21.8. The number of benzene rings is 2. The third-order valence-corrected chi connectivity index (χ3v) is 9.32. The van der Waals surface area contributed by atoms with Crippen LogP contribution in [0.1, 0.15) is 68.4 Å². The number of hydrogen-bond acceptors (Lipinski definition) is 3. The number of carboxylic acid groups (broad SMARTS) is 1. The topological polar surface area (TPSA) is 43.8 Å². The van der Waals surface area contributed by atoms with E-state index in [0.717, 1.165) is 32.0 Å². The Hall–Kier alpha value is -2.17. The molecule has 2 heterocycles. The van der Waals surface area contributed by atoms with Crippen LogP contribution in [0.4, 0.5) is 0 Å². The molecule has 0 radical (unpaired) electrons. The van der Waals surface area contributed by atoms with E-state index in [2.05, 4.69) is 70.5 Å². The van der Waals surface area contributed by atoms with Crippen molar-refractivity contribution in [3.8, 4) is 0 Å². The molecule has 4 nitrogen and oxygen atoms in total. The highest BCUT2D eigenvalue weighted by molar-refractivity contribution is 5.73. The number of likely N-dealkylation sites (tertiary alicyclic amines) is 2. The van der Waals surface area contributed by atoms with Crippen LogP contribution in [0, 0.1) is 17.8 Å². The number of carbonyl (C=O) groups is 1. The van der Waals surface area contributed by atoms with Gasteiger partial charge in [0, 0.05) is 25.6 Å². The zero-order chi connectivity index (χ0) is 24.7. The molecule has 1 saturated carbocycles. The standard InChI is InChI=1S/C32H44N2O2/c35-32(36)31(21-27-13-8-14-27)34-23-29(30(24-34)28-15-5-2-6-16-28)22-33-19-17-26(18-20-33)12-7-11-25-9-3-1-4-10-25/h1-6,9-10,15-16,26-27,29-31H,7-8,11-14,17-24H2,(H,35,36)/t29-,30+,31+/m0/s1. The third kappa shape index (κ3) is 6.58. The van der Waals surface area contributed by atoms with Crippen LogP contribution in [0.15, 0.2) is 60.7 Å². The van der Waals surface area contributed by atoms with Crippen LogP contribution >= 0.6 is 0 Å². The zero-order valence-corrected chi connectivity index (χ0v) is 21.8. The summed E-state index contributed by atoms with van der Waals surface area (Å²) in [5.74, 6) is 1.78. The van der Waals surface area contributed by atoms with Crippen molar-refractivity contribution in [3.63, 3.8) is 0 Å². The average Bonchev–Trinajstić information content (AvgIpc) is 3.28. The van der Waals surface area contributed by atoms with Gasteiger partial charge in [-0.15, -0.1) is 0 Å². The molecular weight excluding hydrogens is 444 g/mol. The number of aryl methyl sites for hydroxylation is 1. The van der Waals surface area contributed by atoms with Crippen LogP contribution in [-0.2, 0) is 11.2 Å². The van der Waals surface area contributed by atoms with E-state index >= 15 is 0 Å². The van der Waals surface area contributed by atoms with Crippen molar-refractivity contribution in [2.75, 3.05) is 32.7 Å². The quantitative estimate of drug-likeness (QED) is 0.416. The minimum Gasteiger partial charge on any atom is -0.480 e. The van der Waals surface area contributed by atoms with Gasteiger partial charge in [-0.3, -0.25) is 9.69 Å². The highest BCUT2D eigenvalue weighted by atomic mass is 16.4. The first kappa shape index (κ1) is 25.5. The van der Waals surface area contributed by atoms with Crippen LogP contribution in [0.2, 0.25) is 0 Å². The molecule has 5 rings (SSSR count). The number of aliphatic carboxylic acids is 1. The van der Waals surface area contributed by atoms with Gasteiger partial charge < -0.3 is 10.0 Å². The van der Waals surface area contributed by atoms with E-state index in [0.29, 0.717) is 17.8 Å². The van der Waals surface area contributed by atoms with Crippen LogP contribution in [0.5, 0.6) is 0 Å². The molecule has 3 atom stereocenters. The first-order valence-corrected chi connectivity index (χ1v) is 14.4. The Labute approximate surface area is 217 Å². The van der Waals surface area contributed by atoms with Gasteiger partial charge in [0.2, 0.25) is 0 Å². The fraction of sp³-hybridized carbons (Fsp3) is 0.594. The van der Waals surface area contributed by atoms with Gasteiger partial charge in [0.05, 0.1) is 0 Å². The smallest absolute Gasteiger partial charge is 0.320 e. The highest BCUT2D eigenvalue weighted by Gasteiger charge is 2.41. The highest BCUT2D eigenvalue weighted by Crippen LogP contribution is 2.38. The lowest BCUT2D eigenvalue weighted by Crippen LogP contribution is -2.43. The summed E-state index contributed by atoms with van der Waals surface area (Å²) < 4.78 is 0. The molecule has 1 N–H and O–H groups in total. The Morgan fingerprint density at radius 2 is 1.58 bits per heavy atom. The van der Waals surface area contributed by atoms with Crippen molar-refractivity contribution in [1.82, 2.24) is 9.80 Å². The Balaban J connectivity index is 1.15. The Morgan fingerprint density at radius 3 is 2.22 bits per heavy atom. The fourth-order valence-electron chi connectivity index (χ4n) is 6.90. The fourth-order valence-corrected chi connectivity index (χ4v) is 6.90. The molecule has 0 spiro atoms. The minimum atomic E-state index is -0.620. The van der Waals surface area contributed by atoms with Crippen molar-refractivity contribution in [1.29, 1.82) is 0 Å². The summed E-state index contributed by atoms with van der Waals surface area (Å²) in [4.78, 5) is 17.3. The van der Waals surface area contributed by atoms with Crippen molar-refractivity contribution in [2.24, 2.45) is 17.8 Å². The molecule has 2 aromatic carbocycles. The Morgan fingerprint density at radius 1 is 0.889 bits per heavy atom. The maximum absolute atomic E-state index is 12.3. The maximum atomic E-state index is 12.3. The SMILES string of the molecule is O=C(O)[C@@H](CC1CCC1)N1C[C@H](CN2CCC(CCCc3ccccc3)CC2)[C@@H](c2ccccc2)C1. The molecule has 4 heteroatoms. The second kappa shape index (κ2) is 12.4. The van der Waals surface area contributed by atoms with Crippen molar-refractivity contribution in [3.05, 3.63) is 71.8 Å². The predicted octanol–water partition coefficient (Wildman–Crippen LogP) is 6.08. The average molecular weight is 489 g/mol. The first-order chi connectivity index (χ1) is 17.7. The van der Waals surface area contributed by atoms with Crippen molar-refractivity contribution >= 4 is 5.97 Å². The summed E-state index contributed by atoms with van der Waals surface area (Å²) >= 11 is 0. The Bertz CT molecular complexity index is 937. The molecule has 1 aliphatic carbocycles. The lowest BCUT2D eigenvalue weighted by Gasteiger charge is -2.35. The molecule has 2 aliphatic heterocycles. The van der Waals surface area contributed by atoms with Crippen LogP contribution in [-0.4, -0.2) is 59.6 Å². The van der Waals surface area contributed by atoms with E-state index in [1.165, 1.54) is 75.6 Å². The minimum absolute atomic E-state index is 0.318. The largest absolute Gasteiger partial charge is 0.480 e. The van der Waals surface area contributed by atoms with Gasteiger partial charge in [0.15, 0.2) is 0 Å². The van der Waals surface area contributed by atoms with E-state index in [-0.39, 0.29) is 6.04 Å². The number of hydrogen-bond donors (Lipinski definition) is 1. The predicted molar refractivity (Wildman–Crippen MR) is 146 cm³/mol. The van der Waals surface area contributed by atoms with Gasteiger partial charge >= 0.3 is 5.97 Å². The summed E-state index contributed by atoms with van der Waals surface area (Å²) in [5, 5.41) is 10.1. The molecule has 2 aromatic rings. The number of rotatable bonds is 11. The molecule has 2 saturated heterocycles. The van der Waals surface area contributed by atoms with Crippen molar-refractivity contribution in [2.45, 2.75) is 69.7 Å². The summed E-state index contributed by atoms with van der Waals surface area (Å²) in [6.07, 6.45) is 11.0. The van der Waals surface area contributed by atoms with Gasteiger partial charge in [-0.1, -0.05) is 86.3 Å². The molecule has 0 amide bonds. The van der Waals surface area contributed by atoms with Crippen LogP contribution < -0.4 is 0 Å². The van der Waals surface area contributed by atoms with E-state index in [1.807, 2.05) is 0 Å². The maximum Gasteiger partial charge on any atom is 0.320 e. The molecule has 3 aliphatic rings. The number of nitrogens with zero attached hydrogens (tertiary/aromatic N) is 2. The van der Waals surface area contributed by atoms with E-state index in [4.69, 9.17) is 0 Å². The molecule has 194 valence electrons. The van der Waals surface area contributed by atoms with Crippen molar-refractivity contribution < 1.29 is 9.90 Å². The van der Waals surface area contributed by atoms with Crippen LogP contribution in [0.3, 0.4) is 0 Å². The van der Waals surface area contributed by atoms with Gasteiger partial charge in [0.25, 0.3) is 0 Å². The van der Waals surface area contributed by atoms with E-state index < -0.39 is 5.97 Å². The summed E-state index contributed by atoms with van der Waals surface area (Å²) in [7, 11) is 0. The third-order valence-electron chi connectivity index (χ3n) is 9.32. The normalized spacial score (nSPS) is 25.0. The van der Waals surface area contributed by atoms with Gasteiger partial charge in [-0.25, -0.2) is 0 Å².